The second kappa shape index (κ2) is 6.45. The Morgan fingerprint density at radius 2 is 2.33 bits per heavy atom. The SMILES string of the molecule is S=CNCCCC(=S)S. The first-order valence-corrected chi connectivity index (χ1v) is 3.99. The lowest BCUT2D eigenvalue weighted by atomic mass is 10.3. The van der Waals surface area contributed by atoms with Crippen molar-refractivity contribution in [1.82, 2.24) is 5.32 Å². The molecule has 4 heteroatoms. The van der Waals surface area contributed by atoms with Crippen LogP contribution in [-0.2, 0) is 0 Å². The van der Waals surface area contributed by atoms with Crippen LogP contribution in [0.15, 0.2) is 0 Å². The van der Waals surface area contributed by atoms with Gasteiger partial charge in [0.15, 0.2) is 0 Å². The summed E-state index contributed by atoms with van der Waals surface area (Å²) in [5.41, 5.74) is 1.52. The Hall–Kier alpha value is 0.330. The molecule has 0 aromatic heterocycles. The molecule has 0 rings (SSSR count). The van der Waals surface area contributed by atoms with Crippen molar-refractivity contribution in [3.8, 4) is 0 Å². The molecule has 0 aromatic rings. The number of rotatable bonds is 5. The Labute approximate surface area is 71.6 Å². The smallest absolute Gasteiger partial charge is 0.0614 e. The molecule has 9 heavy (non-hydrogen) atoms. The summed E-state index contributed by atoms with van der Waals surface area (Å²) in [4.78, 5) is 0. The van der Waals surface area contributed by atoms with Crippen molar-refractivity contribution < 1.29 is 0 Å². The zero-order chi connectivity index (χ0) is 7.11. The molecule has 0 bridgehead atoms. The van der Waals surface area contributed by atoms with Crippen LogP contribution >= 0.6 is 37.1 Å². The van der Waals surface area contributed by atoms with Crippen molar-refractivity contribution in [2.45, 2.75) is 12.8 Å². The molecule has 1 nitrogen and oxygen atoms in total. The summed E-state index contributed by atoms with van der Waals surface area (Å²) in [5, 5.41) is 2.90. The van der Waals surface area contributed by atoms with Crippen LogP contribution in [0.4, 0.5) is 0 Å². The Bertz CT molecular complexity index is 102. The van der Waals surface area contributed by atoms with Crippen LogP contribution in [0.1, 0.15) is 12.8 Å². The minimum absolute atomic E-state index is 0.765. The minimum atomic E-state index is 0.765. The summed E-state index contributed by atoms with van der Waals surface area (Å²) in [6, 6.07) is 0. The first-order valence-electron chi connectivity index (χ1n) is 2.66. The van der Waals surface area contributed by atoms with E-state index in [1.165, 1.54) is 5.49 Å². The maximum Gasteiger partial charge on any atom is 0.0614 e. The molecule has 0 saturated carbocycles. The summed E-state index contributed by atoms with van der Waals surface area (Å²) in [7, 11) is 0. The standard InChI is InChI=1S/C5H9NS3/c7-4-6-3-1-2-5(8)9/h4H,1-3H2,(H,6,7)(H,8,9). The Kier molecular flexibility index (Phi) is 6.69. The molecule has 0 aliphatic rings. The summed E-state index contributed by atoms with van der Waals surface area (Å²) in [6.45, 7) is 0.893. The fourth-order valence-corrected chi connectivity index (χ4v) is 0.821. The molecule has 1 N–H and O–H groups in total. The number of thiol groups is 1. The lowest BCUT2D eigenvalue weighted by molar-refractivity contribution is 0.825. The number of hydrogen-bond acceptors (Lipinski definition) is 2. The quantitative estimate of drug-likeness (QED) is 0.378. The van der Waals surface area contributed by atoms with E-state index in [4.69, 9.17) is 12.2 Å². The molecule has 52 valence electrons. The average Bonchev–Trinajstić information content (AvgIpc) is 1.80. The number of thiocarbonyl (C=S) groups is 2. The maximum absolute atomic E-state index is 4.75. The van der Waals surface area contributed by atoms with Gasteiger partial charge in [0.2, 0.25) is 0 Å². The van der Waals surface area contributed by atoms with Crippen LogP contribution in [0.3, 0.4) is 0 Å². The van der Waals surface area contributed by atoms with Crippen LogP contribution in [0.25, 0.3) is 0 Å². The van der Waals surface area contributed by atoms with Gasteiger partial charge in [0.05, 0.1) is 5.49 Å². The molecule has 0 amide bonds. The molecule has 0 aromatic carbocycles. The first kappa shape index (κ1) is 9.33. The van der Waals surface area contributed by atoms with E-state index in [9.17, 15) is 0 Å². The summed E-state index contributed by atoms with van der Waals surface area (Å²) in [6.07, 6.45) is 1.89. The summed E-state index contributed by atoms with van der Waals surface area (Å²) < 4.78 is 0.765. The van der Waals surface area contributed by atoms with Gasteiger partial charge in [-0.25, -0.2) is 0 Å². The topological polar surface area (TPSA) is 12.0 Å². The highest BCUT2D eigenvalue weighted by Gasteiger charge is 1.87. The van der Waals surface area contributed by atoms with E-state index in [1.54, 1.807) is 0 Å². The van der Waals surface area contributed by atoms with Gasteiger partial charge in [-0.1, -0.05) is 24.4 Å². The Balaban J connectivity index is 2.91. The third kappa shape index (κ3) is 8.33. The minimum Gasteiger partial charge on any atom is -0.382 e. The fourth-order valence-electron chi connectivity index (χ4n) is 0.401. The normalized spacial score (nSPS) is 8.56. The third-order valence-electron chi connectivity index (χ3n) is 0.795. The largest absolute Gasteiger partial charge is 0.382 e. The molecule has 0 saturated heterocycles. The highest BCUT2D eigenvalue weighted by Crippen LogP contribution is 1.94. The van der Waals surface area contributed by atoms with Gasteiger partial charge in [0, 0.05) is 10.7 Å². The van der Waals surface area contributed by atoms with Crippen molar-refractivity contribution in [2.75, 3.05) is 6.54 Å². The maximum atomic E-state index is 4.75. The van der Waals surface area contributed by atoms with Gasteiger partial charge >= 0.3 is 0 Å². The molecule has 0 aliphatic heterocycles. The molecule has 0 aliphatic carbocycles. The van der Waals surface area contributed by atoms with E-state index in [0.717, 1.165) is 23.6 Å². The van der Waals surface area contributed by atoms with Crippen LogP contribution < -0.4 is 5.32 Å². The molecule has 0 heterocycles. The van der Waals surface area contributed by atoms with Gasteiger partial charge in [0.1, 0.15) is 0 Å². The van der Waals surface area contributed by atoms with Gasteiger partial charge < -0.3 is 5.32 Å². The molecule has 0 unspecified atom stereocenters. The van der Waals surface area contributed by atoms with Gasteiger partial charge in [-0.2, -0.15) is 0 Å². The van der Waals surface area contributed by atoms with E-state index in [2.05, 4.69) is 30.2 Å². The summed E-state index contributed by atoms with van der Waals surface area (Å²) in [5.74, 6) is 0. The summed E-state index contributed by atoms with van der Waals surface area (Å²) >= 11 is 13.3. The molecule has 0 radical (unpaired) electrons. The van der Waals surface area contributed by atoms with Crippen LogP contribution in [0.5, 0.6) is 0 Å². The molecule has 0 atom stereocenters. The van der Waals surface area contributed by atoms with Crippen molar-refractivity contribution in [3.05, 3.63) is 0 Å². The fraction of sp³-hybridized carbons (Fsp3) is 0.600. The average molecular weight is 179 g/mol. The lowest BCUT2D eigenvalue weighted by Crippen LogP contribution is -2.11. The van der Waals surface area contributed by atoms with E-state index >= 15 is 0 Å². The number of hydrogen-bond donors (Lipinski definition) is 2. The van der Waals surface area contributed by atoms with Gasteiger partial charge in [-0.3, -0.25) is 0 Å². The zero-order valence-electron chi connectivity index (χ0n) is 4.96. The highest BCUT2D eigenvalue weighted by atomic mass is 32.1. The van der Waals surface area contributed by atoms with Gasteiger partial charge in [-0.15, -0.1) is 12.6 Å². The van der Waals surface area contributed by atoms with Crippen molar-refractivity contribution in [3.63, 3.8) is 0 Å². The van der Waals surface area contributed by atoms with E-state index in [1.807, 2.05) is 0 Å². The predicted octanol–water partition coefficient (Wildman–Crippen LogP) is 1.57. The van der Waals surface area contributed by atoms with Crippen LogP contribution in [0, 0.1) is 0 Å². The number of nitrogens with one attached hydrogen (secondary N) is 1. The van der Waals surface area contributed by atoms with E-state index in [-0.39, 0.29) is 0 Å². The van der Waals surface area contributed by atoms with Crippen LogP contribution in [0.2, 0.25) is 0 Å². The second-order valence-corrected chi connectivity index (χ2v) is 3.14. The van der Waals surface area contributed by atoms with E-state index in [0.29, 0.717) is 0 Å². The molecular weight excluding hydrogens is 170 g/mol. The van der Waals surface area contributed by atoms with Gasteiger partial charge in [-0.05, 0) is 12.8 Å². The first-order chi connectivity index (χ1) is 4.27. The Morgan fingerprint density at radius 3 is 2.78 bits per heavy atom. The van der Waals surface area contributed by atoms with Crippen LogP contribution in [-0.4, -0.2) is 16.2 Å². The molecule has 0 fully saturated rings. The van der Waals surface area contributed by atoms with Crippen molar-refractivity contribution in [1.29, 1.82) is 0 Å². The predicted molar refractivity (Wildman–Crippen MR) is 52.5 cm³/mol. The van der Waals surface area contributed by atoms with Gasteiger partial charge in [0.25, 0.3) is 0 Å². The second-order valence-electron chi connectivity index (χ2n) is 1.57. The van der Waals surface area contributed by atoms with Crippen molar-refractivity contribution >= 4 is 46.8 Å². The zero-order valence-corrected chi connectivity index (χ0v) is 7.49. The Morgan fingerprint density at radius 1 is 1.67 bits per heavy atom. The molecule has 0 spiro atoms. The highest BCUT2D eigenvalue weighted by molar-refractivity contribution is 8.11. The van der Waals surface area contributed by atoms with Crippen molar-refractivity contribution in [2.24, 2.45) is 0 Å². The molecular formula is C5H9NS3. The van der Waals surface area contributed by atoms with E-state index < -0.39 is 0 Å². The lowest BCUT2D eigenvalue weighted by Gasteiger charge is -1.96. The monoisotopic (exact) mass is 179 g/mol. The third-order valence-corrected chi connectivity index (χ3v) is 1.39.